The van der Waals surface area contributed by atoms with E-state index in [0.29, 0.717) is 16.7 Å². The van der Waals surface area contributed by atoms with Crippen molar-refractivity contribution in [2.24, 2.45) is 0 Å². The molecule has 0 spiro atoms. The highest BCUT2D eigenvalue weighted by Gasteiger charge is 2.35. The fraction of sp³-hybridized carbons (Fsp3) is 0.211. The van der Waals surface area contributed by atoms with Gasteiger partial charge in [0.2, 0.25) is 5.91 Å². The Morgan fingerprint density at radius 3 is 2.88 bits per heavy atom. The van der Waals surface area contributed by atoms with Crippen molar-refractivity contribution in [3.8, 4) is 11.5 Å². The number of aryl methyl sites for hydroxylation is 1. The first kappa shape index (κ1) is 16.7. The molecule has 4 rings (SSSR count). The van der Waals surface area contributed by atoms with Gasteiger partial charge in [0, 0.05) is 29.5 Å². The molecule has 0 aliphatic carbocycles. The van der Waals surface area contributed by atoms with E-state index in [1.54, 1.807) is 0 Å². The number of hydrogen-bond donors (Lipinski definition) is 0. The lowest BCUT2D eigenvalue weighted by Crippen LogP contribution is -2.25. The summed E-state index contributed by atoms with van der Waals surface area (Å²) in [5.41, 5.74) is 2.05. The largest absolute Gasteiger partial charge is 0.334 e. The molecule has 1 aliphatic heterocycles. The highest BCUT2D eigenvalue weighted by molar-refractivity contribution is 6.31. The molecule has 0 radical (unpaired) electrons. The van der Waals surface area contributed by atoms with Crippen molar-refractivity contribution >= 4 is 23.2 Å². The van der Waals surface area contributed by atoms with Gasteiger partial charge in [-0.05, 0) is 36.8 Å². The normalized spacial score (nSPS) is 17.1. The topological polar surface area (TPSA) is 59.2 Å². The number of aromatic nitrogens is 2. The van der Waals surface area contributed by atoms with E-state index in [9.17, 15) is 9.18 Å². The van der Waals surface area contributed by atoms with E-state index in [-0.39, 0.29) is 30.5 Å². The number of carbonyl (C=O) groups excluding carboxylic acids is 1. The van der Waals surface area contributed by atoms with Crippen LogP contribution in [0.5, 0.6) is 0 Å². The lowest BCUT2D eigenvalue weighted by Gasteiger charge is -2.17. The van der Waals surface area contributed by atoms with Crippen molar-refractivity contribution in [2.75, 3.05) is 11.4 Å². The van der Waals surface area contributed by atoms with Crippen LogP contribution in [0.2, 0.25) is 5.02 Å². The molecule has 1 atom stereocenters. The monoisotopic (exact) mass is 371 g/mol. The van der Waals surface area contributed by atoms with Crippen molar-refractivity contribution in [1.29, 1.82) is 0 Å². The zero-order valence-electron chi connectivity index (χ0n) is 13.9. The summed E-state index contributed by atoms with van der Waals surface area (Å²) in [6, 6.07) is 11.8. The van der Waals surface area contributed by atoms with Gasteiger partial charge >= 0.3 is 0 Å². The Morgan fingerprint density at radius 1 is 1.27 bits per heavy atom. The van der Waals surface area contributed by atoms with Gasteiger partial charge in [0.05, 0.1) is 5.69 Å². The molecule has 3 aromatic rings. The van der Waals surface area contributed by atoms with Gasteiger partial charge < -0.3 is 9.42 Å². The van der Waals surface area contributed by atoms with Gasteiger partial charge in [-0.15, -0.1) is 0 Å². The minimum Gasteiger partial charge on any atom is -0.334 e. The Morgan fingerprint density at radius 2 is 2.08 bits per heavy atom. The summed E-state index contributed by atoms with van der Waals surface area (Å²) >= 11 is 5.94. The molecule has 1 fully saturated rings. The summed E-state index contributed by atoms with van der Waals surface area (Å²) in [6.07, 6.45) is 0.193. The fourth-order valence-electron chi connectivity index (χ4n) is 3.13. The smallest absolute Gasteiger partial charge is 0.258 e. The molecule has 1 saturated heterocycles. The molecule has 132 valence electrons. The average molecular weight is 372 g/mol. The zero-order chi connectivity index (χ0) is 18.3. The van der Waals surface area contributed by atoms with Crippen LogP contribution in [-0.2, 0) is 4.79 Å². The number of benzene rings is 2. The number of carbonyl (C=O) groups is 1. The predicted molar refractivity (Wildman–Crippen MR) is 95.6 cm³/mol. The molecule has 0 bridgehead atoms. The summed E-state index contributed by atoms with van der Waals surface area (Å²) in [4.78, 5) is 18.2. The van der Waals surface area contributed by atoms with E-state index >= 15 is 0 Å². The first-order valence-corrected chi connectivity index (χ1v) is 8.56. The van der Waals surface area contributed by atoms with Crippen molar-refractivity contribution < 1.29 is 13.7 Å². The SMILES string of the molecule is Cc1ccccc1-c1nc(C2CC(=O)N(c3cc(Cl)ccc3F)C2)no1. The molecule has 7 heteroatoms. The first-order chi connectivity index (χ1) is 12.5. The maximum Gasteiger partial charge on any atom is 0.258 e. The van der Waals surface area contributed by atoms with Gasteiger partial charge in [-0.1, -0.05) is 35.0 Å². The van der Waals surface area contributed by atoms with Gasteiger partial charge in [0.15, 0.2) is 5.82 Å². The molecule has 1 aromatic heterocycles. The van der Waals surface area contributed by atoms with Gasteiger partial charge in [-0.2, -0.15) is 4.98 Å². The molecule has 2 heterocycles. The van der Waals surface area contributed by atoms with Crippen LogP contribution in [0.25, 0.3) is 11.5 Å². The van der Waals surface area contributed by atoms with Crippen molar-refractivity contribution in [1.82, 2.24) is 10.1 Å². The summed E-state index contributed by atoms with van der Waals surface area (Å²) < 4.78 is 19.5. The standard InChI is InChI=1S/C19H15ClFN3O2/c1-11-4-2-3-5-14(11)19-22-18(23-26-19)12-8-17(25)24(10-12)16-9-13(20)6-7-15(16)21/h2-7,9,12H,8,10H2,1H3. The Labute approximate surface area is 154 Å². The maximum absolute atomic E-state index is 14.1. The van der Waals surface area contributed by atoms with E-state index in [2.05, 4.69) is 10.1 Å². The Hall–Kier alpha value is -2.73. The van der Waals surface area contributed by atoms with Crippen LogP contribution in [0.4, 0.5) is 10.1 Å². The number of amides is 1. The molecule has 1 amide bonds. The molecule has 26 heavy (non-hydrogen) atoms. The third-order valence-corrected chi connectivity index (χ3v) is 4.74. The molecule has 2 aromatic carbocycles. The maximum atomic E-state index is 14.1. The van der Waals surface area contributed by atoms with Crippen LogP contribution in [0, 0.1) is 12.7 Å². The summed E-state index contributed by atoms with van der Waals surface area (Å²) in [5.74, 6) is -0.0857. The highest BCUT2D eigenvalue weighted by atomic mass is 35.5. The van der Waals surface area contributed by atoms with Gasteiger partial charge in [0.1, 0.15) is 5.82 Å². The van der Waals surface area contributed by atoms with E-state index in [0.717, 1.165) is 11.1 Å². The second-order valence-electron chi connectivity index (χ2n) is 6.27. The van der Waals surface area contributed by atoms with E-state index in [4.69, 9.17) is 16.1 Å². The summed E-state index contributed by atoms with van der Waals surface area (Å²) in [6.45, 7) is 2.24. The Kier molecular flexibility index (Phi) is 4.20. The Balaban J connectivity index is 1.60. The third kappa shape index (κ3) is 2.97. The van der Waals surface area contributed by atoms with Crippen LogP contribution < -0.4 is 4.90 Å². The quantitative estimate of drug-likeness (QED) is 0.686. The van der Waals surface area contributed by atoms with Gasteiger partial charge in [-0.25, -0.2) is 4.39 Å². The minimum absolute atomic E-state index is 0.174. The lowest BCUT2D eigenvalue weighted by molar-refractivity contribution is -0.117. The molecule has 1 unspecified atom stereocenters. The number of hydrogen-bond acceptors (Lipinski definition) is 4. The molecule has 0 N–H and O–H groups in total. The Bertz CT molecular complexity index is 988. The predicted octanol–water partition coefficient (Wildman–Crippen LogP) is 4.36. The highest BCUT2D eigenvalue weighted by Crippen LogP contribution is 2.34. The summed E-state index contributed by atoms with van der Waals surface area (Å²) in [7, 11) is 0. The van der Waals surface area contributed by atoms with Crippen LogP contribution >= 0.6 is 11.6 Å². The van der Waals surface area contributed by atoms with Crippen LogP contribution in [-0.4, -0.2) is 22.6 Å². The van der Waals surface area contributed by atoms with E-state index < -0.39 is 5.82 Å². The second-order valence-corrected chi connectivity index (χ2v) is 6.71. The van der Waals surface area contributed by atoms with Crippen LogP contribution in [0.1, 0.15) is 23.7 Å². The summed E-state index contributed by atoms with van der Waals surface area (Å²) in [5, 5.41) is 4.41. The fourth-order valence-corrected chi connectivity index (χ4v) is 3.30. The molecular weight excluding hydrogens is 357 g/mol. The molecule has 0 saturated carbocycles. The number of rotatable bonds is 3. The van der Waals surface area contributed by atoms with E-state index in [1.165, 1.54) is 23.1 Å². The number of anilines is 1. The second kappa shape index (κ2) is 6.53. The third-order valence-electron chi connectivity index (χ3n) is 4.51. The molecule has 5 nitrogen and oxygen atoms in total. The van der Waals surface area contributed by atoms with Gasteiger partial charge in [0.25, 0.3) is 5.89 Å². The van der Waals surface area contributed by atoms with Gasteiger partial charge in [-0.3, -0.25) is 4.79 Å². The minimum atomic E-state index is -0.489. The number of halogens is 2. The first-order valence-electron chi connectivity index (χ1n) is 8.18. The van der Waals surface area contributed by atoms with Crippen molar-refractivity contribution in [3.05, 3.63) is 64.7 Å². The van der Waals surface area contributed by atoms with Crippen molar-refractivity contribution in [3.63, 3.8) is 0 Å². The van der Waals surface area contributed by atoms with Crippen LogP contribution in [0.15, 0.2) is 47.0 Å². The lowest BCUT2D eigenvalue weighted by atomic mass is 10.1. The molecular formula is C19H15ClFN3O2. The van der Waals surface area contributed by atoms with Crippen LogP contribution in [0.3, 0.4) is 0 Å². The van der Waals surface area contributed by atoms with E-state index in [1.807, 2.05) is 31.2 Å². The average Bonchev–Trinajstić information content (AvgIpc) is 3.24. The molecule has 1 aliphatic rings. The number of nitrogens with zero attached hydrogens (tertiary/aromatic N) is 3. The zero-order valence-corrected chi connectivity index (χ0v) is 14.7. The van der Waals surface area contributed by atoms with Crippen molar-refractivity contribution in [2.45, 2.75) is 19.3 Å².